The molecule has 7 heteroatoms. The van der Waals surface area contributed by atoms with Crippen molar-refractivity contribution in [2.24, 2.45) is 11.7 Å². The van der Waals surface area contributed by atoms with Crippen molar-refractivity contribution in [1.29, 1.82) is 0 Å². The number of hydrogen-bond donors (Lipinski definition) is 2. The Kier molecular flexibility index (Phi) is 4.51. The first kappa shape index (κ1) is 15.5. The number of aromatic nitrogens is 2. The summed E-state index contributed by atoms with van der Waals surface area (Å²) in [4.78, 5) is 0.328. The SMILES string of the molecule is Cc1nn(CCCN)c(C)c1S(=O)(=O)NC1CC(C)C1. The zero-order valence-electron chi connectivity index (χ0n) is 12.4. The van der Waals surface area contributed by atoms with Crippen molar-refractivity contribution in [3.63, 3.8) is 0 Å². The molecule has 1 aromatic heterocycles. The molecule has 2 rings (SSSR count). The number of sulfonamides is 1. The monoisotopic (exact) mass is 300 g/mol. The fraction of sp³-hybridized carbons (Fsp3) is 0.769. The number of nitrogens with one attached hydrogen (secondary N) is 1. The Labute approximate surface area is 120 Å². The van der Waals surface area contributed by atoms with Crippen molar-refractivity contribution in [3.05, 3.63) is 11.4 Å². The van der Waals surface area contributed by atoms with Crippen molar-refractivity contribution in [1.82, 2.24) is 14.5 Å². The van der Waals surface area contributed by atoms with Crippen LogP contribution < -0.4 is 10.5 Å². The lowest BCUT2D eigenvalue weighted by Crippen LogP contribution is -2.43. The summed E-state index contributed by atoms with van der Waals surface area (Å²) in [6, 6.07) is 0.0705. The molecule has 0 saturated heterocycles. The lowest BCUT2D eigenvalue weighted by atomic mass is 9.83. The molecule has 0 aromatic carbocycles. The first-order chi connectivity index (χ1) is 9.35. The molecule has 1 saturated carbocycles. The molecule has 6 nitrogen and oxygen atoms in total. The van der Waals surface area contributed by atoms with Crippen molar-refractivity contribution in [2.75, 3.05) is 6.54 Å². The molecular formula is C13H24N4O2S. The Bertz CT molecular complexity index is 573. The third-order valence-corrected chi connectivity index (χ3v) is 5.63. The van der Waals surface area contributed by atoms with Gasteiger partial charge in [0.1, 0.15) is 4.90 Å². The zero-order valence-corrected chi connectivity index (χ0v) is 13.2. The summed E-state index contributed by atoms with van der Waals surface area (Å²) in [5, 5.41) is 4.32. The van der Waals surface area contributed by atoms with E-state index in [9.17, 15) is 8.42 Å². The van der Waals surface area contributed by atoms with Gasteiger partial charge in [0.15, 0.2) is 0 Å². The van der Waals surface area contributed by atoms with Crippen LogP contribution in [0.5, 0.6) is 0 Å². The van der Waals surface area contributed by atoms with Gasteiger partial charge in [-0.05, 0) is 45.6 Å². The van der Waals surface area contributed by atoms with E-state index in [4.69, 9.17) is 5.73 Å². The highest BCUT2D eigenvalue weighted by Gasteiger charge is 2.32. The maximum atomic E-state index is 12.5. The van der Waals surface area contributed by atoms with Gasteiger partial charge in [-0.2, -0.15) is 5.10 Å². The van der Waals surface area contributed by atoms with Crippen LogP contribution in [0.25, 0.3) is 0 Å². The fourth-order valence-corrected chi connectivity index (χ4v) is 4.48. The number of hydrogen-bond acceptors (Lipinski definition) is 4. The summed E-state index contributed by atoms with van der Waals surface area (Å²) >= 11 is 0. The van der Waals surface area contributed by atoms with Gasteiger partial charge in [-0.1, -0.05) is 6.92 Å². The summed E-state index contributed by atoms with van der Waals surface area (Å²) in [7, 11) is -3.47. The molecule has 0 radical (unpaired) electrons. The highest BCUT2D eigenvalue weighted by atomic mass is 32.2. The van der Waals surface area contributed by atoms with E-state index in [1.54, 1.807) is 18.5 Å². The van der Waals surface area contributed by atoms with Crippen molar-refractivity contribution >= 4 is 10.0 Å². The van der Waals surface area contributed by atoms with E-state index in [1.807, 2.05) is 0 Å². The van der Waals surface area contributed by atoms with Crippen molar-refractivity contribution in [2.45, 2.75) is 57.5 Å². The smallest absolute Gasteiger partial charge is 0.244 e. The molecule has 1 aliphatic rings. The zero-order chi connectivity index (χ0) is 14.9. The van der Waals surface area contributed by atoms with Crippen LogP contribution in [0, 0.1) is 19.8 Å². The normalized spacial score (nSPS) is 22.8. The number of rotatable bonds is 6. The van der Waals surface area contributed by atoms with E-state index in [-0.39, 0.29) is 6.04 Å². The standard InChI is InChI=1S/C13H24N4O2S/c1-9-7-12(8-9)16-20(18,19)13-10(2)15-17(11(13)3)6-4-5-14/h9,12,16H,4-8,14H2,1-3H3. The minimum Gasteiger partial charge on any atom is -0.330 e. The van der Waals surface area contributed by atoms with Crippen LogP contribution in [0.3, 0.4) is 0 Å². The Morgan fingerprint density at radius 1 is 1.40 bits per heavy atom. The molecule has 3 N–H and O–H groups in total. The maximum absolute atomic E-state index is 12.5. The van der Waals surface area contributed by atoms with Crippen LogP contribution in [0.15, 0.2) is 4.90 Å². The van der Waals surface area contributed by atoms with Gasteiger partial charge < -0.3 is 5.73 Å². The third-order valence-electron chi connectivity index (χ3n) is 3.85. The van der Waals surface area contributed by atoms with Crippen LogP contribution in [0.4, 0.5) is 0 Å². The molecule has 0 atom stereocenters. The second kappa shape index (κ2) is 5.83. The van der Waals surface area contributed by atoms with Gasteiger partial charge in [-0.3, -0.25) is 4.68 Å². The quantitative estimate of drug-likeness (QED) is 0.817. The van der Waals surface area contributed by atoms with Gasteiger partial charge in [-0.15, -0.1) is 0 Å². The Hall–Kier alpha value is -0.920. The molecule has 1 fully saturated rings. The molecule has 114 valence electrons. The van der Waals surface area contributed by atoms with Crippen LogP contribution in [-0.2, 0) is 16.6 Å². The largest absolute Gasteiger partial charge is 0.330 e. The summed E-state index contributed by atoms with van der Waals surface area (Å²) in [6.07, 6.45) is 2.62. The summed E-state index contributed by atoms with van der Waals surface area (Å²) < 4.78 is 29.5. The molecule has 0 amide bonds. The molecule has 1 aliphatic carbocycles. The highest BCUT2D eigenvalue weighted by Crippen LogP contribution is 2.29. The Balaban J connectivity index is 2.20. The van der Waals surface area contributed by atoms with Crippen LogP contribution >= 0.6 is 0 Å². The highest BCUT2D eigenvalue weighted by molar-refractivity contribution is 7.89. The van der Waals surface area contributed by atoms with Gasteiger partial charge in [0, 0.05) is 12.6 Å². The van der Waals surface area contributed by atoms with E-state index in [2.05, 4.69) is 16.7 Å². The first-order valence-electron chi connectivity index (χ1n) is 7.11. The summed E-state index contributed by atoms with van der Waals surface area (Å²) in [5.41, 5.74) is 6.74. The average molecular weight is 300 g/mol. The summed E-state index contributed by atoms with van der Waals surface area (Å²) in [6.45, 7) is 6.89. The van der Waals surface area contributed by atoms with Crippen molar-refractivity contribution < 1.29 is 8.42 Å². The fourth-order valence-electron chi connectivity index (χ4n) is 2.81. The van der Waals surface area contributed by atoms with E-state index >= 15 is 0 Å². The molecular weight excluding hydrogens is 276 g/mol. The predicted octanol–water partition coefficient (Wildman–Crippen LogP) is 0.926. The second-order valence-electron chi connectivity index (χ2n) is 5.76. The molecule has 1 aromatic rings. The van der Waals surface area contributed by atoms with E-state index in [0.29, 0.717) is 35.3 Å². The Morgan fingerprint density at radius 3 is 2.60 bits per heavy atom. The number of nitrogens with zero attached hydrogens (tertiary/aromatic N) is 2. The van der Waals surface area contributed by atoms with E-state index < -0.39 is 10.0 Å². The molecule has 0 bridgehead atoms. The van der Waals surface area contributed by atoms with E-state index in [1.165, 1.54) is 0 Å². The number of nitrogens with two attached hydrogens (primary N) is 1. The lowest BCUT2D eigenvalue weighted by Gasteiger charge is -2.32. The Morgan fingerprint density at radius 2 is 2.05 bits per heavy atom. The number of aryl methyl sites for hydroxylation is 2. The van der Waals surface area contributed by atoms with Gasteiger partial charge in [0.25, 0.3) is 0 Å². The molecule has 0 aliphatic heterocycles. The van der Waals surface area contributed by atoms with Crippen molar-refractivity contribution in [3.8, 4) is 0 Å². The molecule has 1 heterocycles. The maximum Gasteiger partial charge on any atom is 0.244 e. The average Bonchev–Trinajstić information content (AvgIpc) is 2.60. The van der Waals surface area contributed by atoms with Gasteiger partial charge in [0.05, 0.1) is 11.4 Å². The second-order valence-corrected chi connectivity index (χ2v) is 7.41. The summed E-state index contributed by atoms with van der Waals surface area (Å²) in [5.74, 6) is 0.608. The lowest BCUT2D eigenvalue weighted by molar-refractivity contribution is 0.270. The van der Waals surface area contributed by atoms with Crippen LogP contribution in [0.2, 0.25) is 0 Å². The first-order valence-corrected chi connectivity index (χ1v) is 8.60. The molecule has 0 unspecified atom stereocenters. The van der Waals surface area contributed by atoms with Gasteiger partial charge >= 0.3 is 0 Å². The van der Waals surface area contributed by atoms with Gasteiger partial charge in [0.2, 0.25) is 10.0 Å². The topological polar surface area (TPSA) is 90.0 Å². The van der Waals surface area contributed by atoms with Crippen LogP contribution in [0.1, 0.15) is 37.6 Å². The minimum absolute atomic E-state index is 0.0705. The third kappa shape index (κ3) is 3.05. The van der Waals surface area contributed by atoms with Gasteiger partial charge in [-0.25, -0.2) is 13.1 Å². The van der Waals surface area contributed by atoms with E-state index in [0.717, 1.165) is 19.3 Å². The van der Waals surface area contributed by atoms with Crippen LogP contribution in [-0.4, -0.2) is 30.8 Å². The predicted molar refractivity (Wildman–Crippen MR) is 77.9 cm³/mol. The molecule has 20 heavy (non-hydrogen) atoms. The molecule has 0 spiro atoms. The minimum atomic E-state index is -3.47.